The maximum Gasteiger partial charge on any atom is 0.330 e. The van der Waals surface area contributed by atoms with Crippen molar-refractivity contribution in [3.63, 3.8) is 0 Å². The Hall–Kier alpha value is -2.39. The highest BCUT2D eigenvalue weighted by Gasteiger charge is 2.66. The maximum atomic E-state index is 12.6. The van der Waals surface area contributed by atoms with Crippen molar-refractivity contribution in [2.45, 2.75) is 38.8 Å². The van der Waals surface area contributed by atoms with Crippen molar-refractivity contribution in [1.29, 1.82) is 0 Å². The molecule has 9 heteroatoms. The van der Waals surface area contributed by atoms with Gasteiger partial charge in [0.2, 0.25) is 0 Å². The molecule has 1 fully saturated rings. The van der Waals surface area contributed by atoms with Gasteiger partial charge in [0.25, 0.3) is 5.91 Å². The number of carbonyl (C=O) groups is 2. The molecule has 3 rings (SSSR count). The lowest BCUT2D eigenvalue weighted by molar-refractivity contribution is -0.190. The molecular formula is C17H20N4O4S. The van der Waals surface area contributed by atoms with Crippen LogP contribution in [0.15, 0.2) is 24.0 Å². The van der Waals surface area contributed by atoms with Crippen molar-refractivity contribution in [3.8, 4) is 10.7 Å². The molecule has 1 saturated carbocycles. The summed E-state index contributed by atoms with van der Waals surface area (Å²) >= 11 is 1.25. The van der Waals surface area contributed by atoms with Crippen LogP contribution in [-0.2, 0) is 9.53 Å². The van der Waals surface area contributed by atoms with E-state index in [0.717, 1.165) is 0 Å². The summed E-state index contributed by atoms with van der Waals surface area (Å²) in [5.74, 6) is -1.60. The second kappa shape index (κ2) is 6.73. The van der Waals surface area contributed by atoms with Gasteiger partial charge < -0.3 is 15.2 Å². The van der Waals surface area contributed by atoms with Crippen LogP contribution >= 0.6 is 11.3 Å². The third kappa shape index (κ3) is 2.86. The third-order valence-corrected chi connectivity index (χ3v) is 5.84. The minimum atomic E-state index is -1.39. The van der Waals surface area contributed by atoms with E-state index < -0.39 is 22.8 Å². The largest absolute Gasteiger partial charge is 0.479 e. The maximum absolute atomic E-state index is 12.6. The van der Waals surface area contributed by atoms with Crippen LogP contribution in [0.4, 0.5) is 0 Å². The number of nitrogens with one attached hydrogen (secondary N) is 1. The smallest absolute Gasteiger partial charge is 0.330 e. The average Bonchev–Trinajstić information content (AvgIpc) is 3.11. The van der Waals surface area contributed by atoms with E-state index in [9.17, 15) is 14.7 Å². The molecule has 2 aromatic rings. The molecule has 2 N–H and O–H groups in total. The molecule has 1 aliphatic carbocycles. The van der Waals surface area contributed by atoms with Gasteiger partial charge in [-0.3, -0.25) is 14.8 Å². The van der Waals surface area contributed by atoms with Crippen molar-refractivity contribution in [3.05, 3.63) is 29.7 Å². The monoisotopic (exact) mass is 376 g/mol. The first-order valence-corrected chi connectivity index (χ1v) is 9.09. The second-order valence-corrected chi connectivity index (χ2v) is 7.52. The SMILES string of the molecule is CCOC1CC(NC(=O)c2csc(-c3cnccn3)n2)(C(=O)O)C1(C)C. The number of aliphatic carboxylic acids is 1. The van der Waals surface area contributed by atoms with E-state index in [1.807, 2.05) is 6.92 Å². The van der Waals surface area contributed by atoms with Crippen LogP contribution in [0.3, 0.4) is 0 Å². The molecule has 26 heavy (non-hydrogen) atoms. The fraction of sp³-hybridized carbons (Fsp3) is 0.471. The minimum absolute atomic E-state index is 0.159. The zero-order valence-electron chi connectivity index (χ0n) is 14.7. The van der Waals surface area contributed by atoms with Gasteiger partial charge in [-0.1, -0.05) is 13.8 Å². The first-order valence-electron chi connectivity index (χ1n) is 8.21. The molecule has 0 spiro atoms. The topological polar surface area (TPSA) is 114 Å². The first kappa shape index (κ1) is 18.4. The summed E-state index contributed by atoms with van der Waals surface area (Å²) in [6.45, 7) is 5.93. The highest BCUT2D eigenvalue weighted by atomic mass is 32.1. The average molecular weight is 376 g/mol. The van der Waals surface area contributed by atoms with Gasteiger partial charge in [0.05, 0.1) is 12.3 Å². The van der Waals surface area contributed by atoms with Crippen LogP contribution in [0.1, 0.15) is 37.7 Å². The van der Waals surface area contributed by atoms with Crippen LogP contribution in [0.5, 0.6) is 0 Å². The zero-order chi connectivity index (χ0) is 18.9. The Kier molecular flexibility index (Phi) is 4.76. The zero-order valence-corrected chi connectivity index (χ0v) is 15.5. The Morgan fingerprint density at radius 1 is 1.42 bits per heavy atom. The Morgan fingerprint density at radius 2 is 2.19 bits per heavy atom. The standard InChI is InChI=1S/C17H20N4O4S/c1-4-25-12-7-17(15(23)24,16(12,2)3)21-13(22)11-9-26-14(20-11)10-8-18-5-6-19-10/h5-6,8-9,12H,4,7H2,1-3H3,(H,21,22)(H,23,24). The predicted octanol–water partition coefficient (Wildman–Crippen LogP) is 1.99. The van der Waals surface area contributed by atoms with E-state index in [4.69, 9.17) is 4.74 Å². The Bertz CT molecular complexity index is 823. The van der Waals surface area contributed by atoms with E-state index >= 15 is 0 Å². The summed E-state index contributed by atoms with van der Waals surface area (Å²) in [4.78, 5) is 37.0. The van der Waals surface area contributed by atoms with Crippen LogP contribution in [-0.4, -0.2) is 50.2 Å². The Morgan fingerprint density at radius 3 is 2.77 bits per heavy atom. The number of nitrogens with zero attached hydrogens (tertiary/aromatic N) is 3. The molecule has 0 aliphatic heterocycles. The number of carbonyl (C=O) groups excluding carboxylic acids is 1. The molecule has 1 amide bonds. The Labute approximate surface area is 154 Å². The molecule has 138 valence electrons. The summed E-state index contributed by atoms with van der Waals surface area (Å²) in [5.41, 5.74) is -1.41. The van der Waals surface area contributed by atoms with Gasteiger partial charge >= 0.3 is 5.97 Å². The second-order valence-electron chi connectivity index (χ2n) is 6.66. The molecular weight excluding hydrogens is 356 g/mol. The number of hydrogen-bond donors (Lipinski definition) is 2. The summed E-state index contributed by atoms with van der Waals surface area (Å²) in [6.07, 6.45) is 4.64. The van der Waals surface area contributed by atoms with Crippen molar-refractivity contribution in [1.82, 2.24) is 20.3 Å². The van der Waals surface area contributed by atoms with Crippen molar-refractivity contribution in [2.24, 2.45) is 5.41 Å². The fourth-order valence-electron chi connectivity index (χ4n) is 3.20. The van der Waals surface area contributed by atoms with E-state index in [1.54, 1.807) is 37.8 Å². The van der Waals surface area contributed by atoms with E-state index in [2.05, 4.69) is 20.3 Å². The van der Waals surface area contributed by atoms with Crippen molar-refractivity contribution >= 4 is 23.2 Å². The van der Waals surface area contributed by atoms with Crippen molar-refractivity contribution in [2.75, 3.05) is 6.61 Å². The van der Waals surface area contributed by atoms with E-state index in [1.165, 1.54) is 11.3 Å². The minimum Gasteiger partial charge on any atom is -0.479 e. The lowest BCUT2D eigenvalue weighted by atomic mass is 9.54. The highest BCUT2D eigenvalue weighted by Crippen LogP contribution is 2.51. The van der Waals surface area contributed by atoms with Gasteiger partial charge in [-0.2, -0.15) is 0 Å². The molecule has 2 atom stereocenters. The third-order valence-electron chi connectivity index (χ3n) is 4.98. The summed E-state index contributed by atoms with van der Waals surface area (Å²) in [5, 5.41) is 14.6. The highest BCUT2D eigenvalue weighted by molar-refractivity contribution is 7.13. The molecule has 8 nitrogen and oxygen atoms in total. The van der Waals surface area contributed by atoms with Crippen LogP contribution in [0.2, 0.25) is 0 Å². The lowest BCUT2D eigenvalue weighted by Crippen LogP contribution is -2.76. The molecule has 2 unspecified atom stereocenters. The molecule has 2 aromatic heterocycles. The quantitative estimate of drug-likeness (QED) is 0.792. The number of hydrogen-bond acceptors (Lipinski definition) is 7. The molecule has 2 heterocycles. The number of aromatic nitrogens is 3. The van der Waals surface area contributed by atoms with Gasteiger partial charge in [-0.25, -0.2) is 9.78 Å². The molecule has 0 radical (unpaired) electrons. The summed E-state index contributed by atoms with van der Waals surface area (Å²) in [6, 6.07) is 0. The van der Waals surface area contributed by atoms with Crippen LogP contribution < -0.4 is 5.32 Å². The van der Waals surface area contributed by atoms with Gasteiger partial charge in [-0.05, 0) is 6.92 Å². The van der Waals surface area contributed by atoms with Gasteiger partial charge in [-0.15, -0.1) is 11.3 Å². The first-order chi connectivity index (χ1) is 12.3. The molecule has 0 aromatic carbocycles. The number of carboxylic acid groups (broad SMARTS) is 1. The number of thiazole rings is 1. The molecule has 1 aliphatic rings. The predicted molar refractivity (Wildman–Crippen MR) is 94.8 cm³/mol. The molecule has 0 saturated heterocycles. The molecule has 0 bridgehead atoms. The van der Waals surface area contributed by atoms with E-state index in [-0.39, 0.29) is 18.2 Å². The normalized spacial score (nSPS) is 23.9. The fourth-order valence-corrected chi connectivity index (χ4v) is 3.96. The number of carboxylic acids is 1. The lowest BCUT2D eigenvalue weighted by Gasteiger charge is -2.58. The number of rotatable bonds is 6. The van der Waals surface area contributed by atoms with Gasteiger partial charge in [0, 0.05) is 36.2 Å². The van der Waals surface area contributed by atoms with Gasteiger partial charge in [0.15, 0.2) is 0 Å². The summed E-state index contributed by atoms with van der Waals surface area (Å²) < 4.78 is 5.60. The number of amides is 1. The Balaban J connectivity index is 1.80. The van der Waals surface area contributed by atoms with E-state index in [0.29, 0.717) is 17.3 Å². The van der Waals surface area contributed by atoms with Gasteiger partial charge in [0.1, 0.15) is 21.9 Å². The van der Waals surface area contributed by atoms with Crippen LogP contribution in [0.25, 0.3) is 10.7 Å². The number of ether oxygens (including phenoxy) is 1. The van der Waals surface area contributed by atoms with Crippen LogP contribution in [0, 0.1) is 5.41 Å². The van der Waals surface area contributed by atoms with Crippen molar-refractivity contribution < 1.29 is 19.4 Å². The summed E-state index contributed by atoms with van der Waals surface area (Å²) in [7, 11) is 0.